The first-order valence-corrected chi connectivity index (χ1v) is 13.4. The number of fused-ring (bicyclic) bond motifs is 5. The second-order valence-electron chi connectivity index (χ2n) is 10.1. The van der Waals surface area contributed by atoms with Gasteiger partial charge in [-0.1, -0.05) is 43.3 Å². The maximum atomic E-state index is 13.0. The van der Waals surface area contributed by atoms with E-state index in [4.69, 9.17) is 9.47 Å². The van der Waals surface area contributed by atoms with E-state index in [0.717, 1.165) is 64.1 Å². The topological polar surface area (TPSA) is 62.3 Å². The van der Waals surface area contributed by atoms with Gasteiger partial charge in [-0.3, -0.25) is 9.69 Å². The molecule has 2 fully saturated rings. The van der Waals surface area contributed by atoms with Crippen molar-refractivity contribution in [3.05, 3.63) is 65.2 Å². The van der Waals surface area contributed by atoms with Crippen LogP contribution in [0.5, 0.6) is 0 Å². The third-order valence-corrected chi connectivity index (χ3v) is 7.75. The number of hydrogen-bond acceptors (Lipinski definition) is 6. The van der Waals surface area contributed by atoms with Gasteiger partial charge in [0.1, 0.15) is 6.61 Å². The van der Waals surface area contributed by atoms with Gasteiger partial charge >= 0.3 is 12.1 Å². The van der Waals surface area contributed by atoms with Crippen molar-refractivity contribution < 1.29 is 19.1 Å². The van der Waals surface area contributed by atoms with Crippen molar-refractivity contribution in [2.75, 3.05) is 50.8 Å². The minimum Gasteiger partial charge on any atom is -0.466 e. The number of esters is 1. The van der Waals surface area contributed by atoms with Crippen LogP contribution in [0.4, 0.5) is 10.5 Å². The number of nitrogens with zero attached hydrogens (tertiary/aromatic N) is 3. The maximum absolute atomic E-state index is 13.0. The van der Waals surface area contributed by atoms with Crippen LogP contribution in [-0.2, 0) is 20.9 Å². The third-order valence-electron chi connectivity index (χ3n) is 7.75. The Bertz CT molecular complexity index is 1050. The highest BCUT2D eigenvalue weighted by atomic mass is 16.6. The quantitative estimate of drug-likeness (QED) is 0.498. The van der Waals surface area contributed by atoms with E-state index in [1.54, 1.807) is 0 Å². The Labute approximate surface area is 214 Å². The van der Waals surface area contributed by atoms with Crippen LogP contribution in [0.3, 0.4) is 0 Å². The predicted molar refractivity (Wildman–Crippen MR) is 139 cm³/mol. The first-order valence-electron chi connectivity index (χ1n) is 13.4. The lowest BCUT2D eigenvalue weighted by Gasteiger charge is -2.36. The lowest BCUT2D eigenvalue weighted by molar-refractivity contribution is -0.144. The number of amides is 1. The summed E-state index contributed by atoms with van der Waals surface area (Å²) in [4.78, 5) is 31.5. The Balaban J connectivity index is 1.18. The molecule has 192 valence electrons. The second kappa shape index (κ2) is 11.3. The Hall–Kier alpha value is -3.06. The molecule has 1 amide bonds. The van der Waals surface area contributed by atoms with Gasteiger partial charge in [0.2, 0.25) is 0 Å². The molecule has 0 spiro atoms. The van der Waals surface area contributed by atoms with Gasteiger partial charge in [-0.2, -0.15) is 0 Å². The number of piperidine rings is 1. The monoisotopic (exact) mass is 491 g/mol. The molecule has 2 atom stereocenters. The molecule has 2 saturated heterocycles. The maximum Gasteiger partial charge on any atom is 0.410 e. The Morgan fingerprint density at radius 1 is 0.944 bits per heavy atom. The van der Waals surface area contributed by atoms with Crippen LogP contribution in [-0.4, -0.2) is 67.7 Å². The molecule has 0 aromatic heterocycles. The fraction of sp³-hybridized carbons (Fsp3) is 0.517. The van der Waals surface area contributed by atoms with Crippen LogP contribution in [0.25, 0.3) is 0 Å². The minimum atomic E-state index is -0.216. The van der Waals surface area contributed by atoms with E-state index in [-0.39, 0.29) is 18.1 Å². The van der Waals surface area contributed by atoms with Crippen molar-refractivity contribution in [1.82, 2.24) is 9.80 Å². The number of likely N-dealkylation sites (tertiary alicyclic amines) is 1. The summed E-state index contributed by atoms with van der Waals surface area (Å²) < 4.78 is 10.9. The number of hydrogen-bond donors (Lipinski definition) is 0. The minimum absolute atomic E-state index is 0.0948. The van der Waals surface area contributed by atoms with E-state index in [2.05, 4.69) is 28.0 Å². The van der Waals surface area contributed by atoms with Gasteiger partial charge in [-0.15, -0.1) is 0 Å². The highest BCUT2D eigenvalue weighted by molar-refractivity contribution is 5.70. The van der Waals surface area contributed by atoms with Gasteiger partial charge in [0.15, 0.2) is 0 Å². The molecule has 0 saturated carbocycles. The summed E-state index contributed by atoms with van der Waals surface area (Å²) in [5.74, 6) is 0.428. The van der Waals surface area contributed by atoms with Gasteiger partial charge in [-0.25, -0.2) is 4.79 Å². The normalized spacial score (nSPS) is 21.2. The Morgan fingerprint density at radius 3 is 2.53 bits per heavy atom. The number of carbonyl (C=O) groups is 2. The fourth-order valence-corrected chi connectivity index (χ4v) is 5.75. The summed E-state index contributed by atoms with van der Waals surface area (Å²) >= 11 is 0. The van der Waals surface area contributed by atoms with E-state index < -0.39 is 0 Å². The van der Waals surface area contributed by atoms with Crippen LogP contribution in [0.15, 0.2) is 48.5 Å². The third kappa shape index (κ3) is 5.51. The summed E-state index contributed by atoms with van der Waals surface area (Å²) in [6.45, 7) is 8.04. The van der Waals surface area contributed by atoms with Crippen LogP contribution in [0, 0.1) is 0 Å². The first kappa shape index (κ1) is 24.6. The number of rotatable bonds is 8. The molecule has 0 radical (unpaired) electrons. The predicted octanol–water partition coefficient (Wildman–Crippen LogP) is 4.72. The van der Waals surface area contributed by atoms with Crippen molar-refractivity contribution >= 4 is 17.7 Å². The van der Waals surface area contributed by atoms with Crippen molar-refractivity contribution in [3.63, 3.8) is 0 Å². The number of piperazine rings is 1. The fourth-order valence-electron chi connectivity index (χ4n) is 5.75. The number of anilines is 1. The van der Waals surface area contributed by atoms with Crippen molar-refractivity contribution in [2.24, 2.45) is 0 Å². The summed E-state index contributed by atoms with van der Waals surface area (Å²) in [6, 6.07) is 16.8. The molecule has 2 bridgehead atoms. The average Bonchev–Trinajstić information content (AvgIpc) is 3.21. The van der Waals surface area contributed by atoms with Crippen LogP contribution >= 0.6 is 0 Å². The summed E-state index contributed by atoms with van der Waals surface area (Å²) in [5.41, 5.74) is 4.91. The van der Waals surface area contributed by atoms with Gasteiger partial charge in [0.25, 0.3) is 0 Å². The molecule has 2 aromatic rings. The molecule has 7 heteroatoms. The van der Waals surface area contributed by atoms with Gasteiger partial charge < -0.3 is 19.3 Å². The van der Waals surface area contributed by atoms with E-state index in [9.17, 15) is 9.59 Å². The molecule has 3 aliphatic rings. The van der Waals surface area contributed by atoms with Crippen molar-refractivity contribution in [2.45, 2.75) is 51.2 Å². The SMILES string of the molecule is CCCOC(=O)CCN1CCN(c2ccc3c(c2)[C@@H]2C[C@H]3CCN2C(=O)OCc2ccccc2)CC1. The Kier molecular flexibility index (Phi) is 7.75. The number of ether oxygens (including phenoxy) is 2. The van der Waals surface area contributed by atoms with Crippen LogP contribution in [0.1, 0.15) is 61.3 Å². The molecule has 5 rings (SSSR count). The molecule has 2 heterocycles. The summed E-state index contributed by atoms with van der Waals surface area (Å²) in [6.07, 6.45) is 3.08. The molecule has 2 aliphatic heterocycles. The standard InChI is InChI=1S/C29H37N3O4/c1-2-18-35-28(33)11-12-30-14-16-31(17-15-30)24-8-9-25-23-10-13-32(27(19-23)26(25)20-24)29(34)36-21-22-6-4-3-5-7-22/h3-9,20,23,27H,2,10-19,21H2,1H3/t23-,27+/m1/s1. The average molecular weight is 492 g/mol. The zero-order valence-corrected chi connectivity index (χ0v) is 21.2. The molecular weight excluding hydrogens is 454 g/mol. The molecule has 0 unspecified atom stereocenters. The molecule has 0 N–H and O–H groups in total. The first-order chi connectivity index (χ1) is 17.6. The molecule has 2 aromatic carbocycles. The second-order valence-corrected chi connectivity index (χ2v) is 10.1. The van der Waals surface area contributed by atoms with Gasteiger partial charge in [0, 0.05) is 45.0 Å². The molecule has 36 heavy (non-hydrogen) atoms. The zero-order valence-electron chi connectivity index (χ0n) is 21.2. The smallest absolute Gasteiger partial charge is 0.410 e. The summed E-state index contributed by atoms with van der Waals surface area (Å²) in [7, 11) is 0. The number of carbonyl (C=O) groups excluding carboxylic acids is 2. The zero-order chi connectivity index (χ0) is 24.9. The van der Waals surface area contributed by atoms with Crippen LogP contribution in [0.2, 0.25) is 0 Å². The molecule has 7 nitrogen and oxygen atoms in total. The van der Waals surface area contributed by atoms with E-state index in [0.29, 0.717) is 25.6 Å². The van der Waals surface area contributed by atoms with Crippen molar-refractivity contribution in [1.29, 1.82) is 0 Å². The van der Waals surface area contributed by atoms with E-state index in [1.165, 1.54) is 16.8 Å². The van der Waals surface area contributed by atoms with Gasteiger partial charge in [0.05, 0.1) is 19.1 Å². The lowest BCUT2D eigenvalue weighted by Crippen LogP contribution is -2.47. The molecular formula is C29H37N3O4. The van der Waals surface area contributed by atoms with Gasteiger partial charge in [-0.05, 0) is 54.0 Å². The largest absolute Gasteiger partial charge is 0.466 e. The van der Waals surface area contributed by atoms with E-state index >= 15 is 0 Å². The Morgan fingerprint density at radius 2 is 1.75 bits per heavy atom. The van der Waals surface area contributed by atoms with E-state index in [1.807, 2.05) is 42.2 Å². The highest BCUT2D eigenvalue weighted by Crippen LogP contribution is 2.50. The number of benzene rings is 2. The highest BCUT2D eigenvalue weighted by Gasteiger charge is 2.41. The molecule has 1 aliphatic carbocycles. The van der Waals surface area contributed by atoms with Crippen LogP contribution < -0.4 is 4.90 Å². The lowest BCUT2D eigenvalue weighted by atomic mass is 9.96. The summed E-state index contributed by atoms with van der Waals surface area (Å²) in [5, 5.41) is 0. The van der Waals surface area contributed by atoms with Crippen molar-refractivity contribution in [3.8, 4) is 0 Å².